The van der Waals surface area contributed by atoms with Crippen molar-refractivity contribution < 1.29 is 0 Å². The second-order valence-corrected chi connectivity index (χ2v) is 2.00. The maximum Gasteiger partial charge on any atom is 0.116 e. The van der Waals surface area contributed by atoms with Gasteiger partial charge in [-0.2, -0.15) is 0 Å². The molecule has 0 N–H and O–H groups in total. The maximum absolute atomic E-state index is 2.28. The topological polar surface area (TPSA) is 0 Å². The average Bonchev–Trinajstić information content (AvgIpc) is 2.14. The minimum Gasteiger partial charge on any atom is -0.0839 e. The monoisotopic (exact) mass is 95.1 g/mol. The quantitative estimate of drug-likeness (QED) is 0.346. The summed E-state index contributed by atoms with van der Waals surface area (Å²) in [5, 5.41) is 0. The Bertz CT molecular complexity index is 72.1. The first kappa shape index (κ1) is 4.76. The summed E-state index contributed by atoms with van der Waals surface area (Å²) < 4.78 is 0. The van der Waals surface area contributed by atoms with E-state index in [0.717, 1.165) is 5.92 Å². The summed E-state index contributed by atoms with van der Waals surface area (Å²) in [6, 6.07) is 0. The molecule has 7 heavy (non-hydrogen) atoms. The lowest BCUT2D eigenvalue weighted by atomic mass is 10.1. The van der Waals surface area contributed by atoms with Crippen molar-refractivity contribution in [2.24, 2.45) is 5.92 Å². The molecule has 0 aromatic heterocycles. The second-order valence-electron chi connectivity index (χ2n) is 2.00. The maximum atomic E-state index is 2.28. The van der Waals surface area contributed by atoms with E-state index in [4.69, 9.17) is 0 Å². The highest BCUT2D eigenvalue weighted by atomic mass is 14.1. The Labute approximate surface area is 45.2 Å². The molecule has 1 aliphatic rings. The molecule has 1 atom stereocenters. The highest BCUT2D eigenvalue weighted by Gasteiger charge is 2.11. The molecular formula is C7H11+. The van der Waals surface area contributed by atoms with Crippen LogP contribution in [0.1, 0.15) is 19.8 Å². The van der Waals surface area contributed by atoms with E-state index in [-0.39, 0.29) is 0 Å². The van der Waals surface area contributed by atoms with Crippen LogP contribution in [0.4, 0.5) is 0 Å². The van der Waals surface area contributed by atoms with Gasteiger partial charge in [0, 0.05) is 0 Å². The average molecular weight is 95.2 g/mol. The molecule has 1 unspecified atom stereocenters. The van der Waals surface area contributed by atoms with Crippen LogP contribution in [0.5, 0.6) is 0 Å². The standard InChI is InChI=1S/C7H11/c1-2-7-5-3-4-6-7/h2-3,5,7H,4,6H2,1H3/q+1. The first-order valence-corrected chi connectivity index (χ1v) is 2.89. The van der Waals surface area contributed by atoms with Gasteiger partial charge in [0.25, 0.3) is 0 Å². The third kappa shape index (κ3) is 0.986. The van der Waals surface area contributed by atoms with Gasteiger partial charge >= 0.3 is 0 Å². The van der Waals surface area contributed by atoms with Gasteiger partial charge in [0.15, 0.2) is 0 Å². The highest BCUT2D eigenvalue weighted by Crippen LogP contribution is 2.18. The van der Waals surface area contributed by atoms with Gasteiger partial charge in [-0.15, -0.1) is 0 Å². The van der Waals surface area contributed by atoms with E-state index in [1.165, 1.54) is 12.8 Å². The lowest BCUT2D eigenvalue weighted by molar-refractivity contribution is 0.722. The summed E-state index contributed by atoms with van der Waals surface area (Å²) in [6.07, 6.45) is 9.42. The molecule has 0 saturated heterocycles. The molecule has 0 nitrogen and oxygen atoms in total. The number of allylic oxidation sites excluding steroid dienone is 2. The molecule has 1 rings (SSSR count). The normalized spacial score (nSPS) is 28.4. The molecule has 0 spiro atoms. The molecule has 0 radical (unpaired) electrons. The molecule has 0 aliphatic heterocycles. The molecule has 0 heterocycles. The van der Waals surface area contributed by atoms with Crippen molar-refractivity contribution in [2.45, 2.75) is 19.8 Å². The summed E-state index contributed by atoms with van der Waals surface area (Å²) in [4.78, 5) is 0. The van der Waals surface area contributed by atoms with Crippen molar-refractivity contribution in [3.05, 3.63) is 18.6 Å². The van der Waals surface area contributed by atoms with E-state index in [9.17, 15) is 0 Å². The van der Waals surface area contributed by atoms with E-state index in [0.29, 0.717) is 0 Å². The lowest BCUT2D eigenvalue weighted by Crippen LogP contribution is -1.86. The Kier molecular flexibility index (Phi) is 1.40. The summed E-state index contributed by atoms with van der Waals surface area (Å²) in [5.74, 6) is 0.792. The Balaban J connectivity index is 2.28. The molecule has 0 aromatic rings. The third-order valence-electron chi connectivity index (χ3n) is 1.48. The van der Waals surface area contributed by atoms with Crippen LogP contribution in [0.3, 0.4) is 0 Å². The molecule has 0 aromatic carbocycles. The van der Waals surface area contributed by atoms with Crippen LogP contribution in [-0.4, -0.2) is 0 Å². The van der Waals surface area contributed by atoms with Gasteiger partial charge in [0.05, 0.1) is 13.3 Å². The zero-order valence-corrected chi connectivity index (χ0v) is 4.72. The van der Waals surface area contributed by atoms with Crippen LogP contribution in [0, 0.1) is 12.3 Å². The van der Waals surface area contributed by atoms with Gasteiger partial charge in [-0.3, -0.25) is 0 Å². The zero-order chi connectivity index (χ0) is 5.11. The fourth-order valence-corrected chi connectivity index (χ4v) is 0.934. The lowest BCUT2D eigenvalue weighted by Gasteiger charge is -1.87. The number of hydrogen-bond donors (Lipinski definition) is 0. The van der Waals surface area contributed by atoms with E-state index < -0.39 is 0 Å². The van der Waals surface area contributed by atoms with Crippen molar-refractivity contribution in [1.82, 2.24) is 0 Å². The minimum atomic E-state index is 0.792. The first-order chi connectivity index (χ1) is 3.43. The molecular weight excluding hydrogens is 84.1 g/mol. The van der Waals surface area contributed by atoms with Gasteiger partial charge in [0.2, 0.25) is 0 Å². The van der Waals surface area contributed by atoms with Crippen molar-refractivity contribution in [3.63, 3.8) is 0 Å². The van der Waals surface area contributed by atoms with Crippen LogP contribution in [0.25, 0.3) is 0 Å². The van der Waals surface area contributed by atoms with Crippen molar-refractivity contribution in [3.8, 4) is 0 Å². The van der Waals surface area contributed by atoms with Gasteiger partial charge in [-0.05, 0) is 18.9 Å². The largest absolute Gasteiger partial charge is 0.116 e. The molecule has 0 amide bonds. The number of rotatable bonds is 1. The molecule has 0 saturated carbocycles. The van der Waals surface area contributed by atoms with E-state index >= 15 is 0 Å². The fourth-order valence-electron chi connectivity index (χ4n) is 0.934. The summed E-state index contributed by atoms with van der Waals surface area (Å²) in [6.45, 7) is 2.13. The third-order valence-corrected chi connectivity index (χ3v) is 1.48. The van der Waals surface area contributed by atoms with Gasteiger partial charge in [-0.1, -0.05) is 6.08 Å². The van der Waals surface area contributed by atoms with E-state index in [2.05, 4.69) is 25.5 Å². The fraction of sp³-hybridized carbons (Fsp3) is 0.571. The van der Waals surface area contributed by atoms with Crippen LogP contribution < -0.4 is 0 Å². The van der Waals surface area contributed by atoms with Crippen LogP contribution in [-0.2, 0) is 0 Å². The summed E-state index contributed by atoms with van der Waals surface area (Å²) in [7, 11) is 0. The number of hydrogen-bond acceptors (Lipinski definition) is 0. The van der Waals surface area contributed by atoms with E-state index in [1.807, 2.05) is 0 Å². The van der Waals surface area contributed by atoms with Crippen LogP contribution >= 0.6 is 0 Å². The predicted octanol–water partition coefficient (Wildman–Crippen LogP) is 2.18. The molecule has 38 valence electrons. The Morgan fingerprint density at radius 3 is 2.86 bits per heavy atom. The zero-order valence-electron chi connectivity index (χ0n) is 4.72. The van der Waals surface area contributed by atoms with Gasteiger partial charge in [0.1, 0.15) is 5.92 Å². The minimum absolute atomic E-state index is 0.792. The Morgan fingerprint density at radius 1 is 1.71 bits per heavy atom. The molecule has 0 heteroatoms. The van der Waals surface area contributed by atoms with Gasteiger partial charge in [-0.25, -0.2) is 0 Å². The molecule has 1 aliphatic carbocycles. The van der Waals surface area contributed by atoms with Gasteiger partial charge < -0.3 is 0 Å². The van der Waals surface area contributed by atoms with Crippen LogP contribution in [0.2, 0.25) is 0 Å². The predicted molar refractivity (Wildman–Crippen MR) is 31.8 cm³/mol. The highest BCUT2D eigenvalue weighted by molar-refractivity contribution is 5.00. The molecule has 0 fully saturated rings. The van der Waals surface area contributed by atoms with Crippen LogP contribution in [0.15, 0.2) is 12.2 Å². The SMILES string of the molecule is C[CH+]C1C=CCC1. The Morgan fingerprint density at radius 2 is 2.57 bits per heavy atom. The summed E-state index contributed by atoms with van der Waals surface area (Å²) in [5.41, 5.74) is 0. The van der Waals surface area contributed by atoms with E-state index in [1.54, 1.807) is 0 Å². The smallest absolute Gasteiger partial charge is 0.0839 e. The molecule has 0 bridgehead atoms. The summed E-state index contributed by atoms with van der Waals surface area (Å²) >= 11 is 0. The first-order valence-electron chi connectivity index (χ1n) is 2.89. The second kappa shape index (κ2) is 2.06. The van der Waals surface area contributed by atoms with Crippen molar-refractivity contribution in [1.29, 1.82) is 0 Å². The van der Waals surface area contributed by atoms with Crippen molar-refractivity contribution >= 4 is 0 Å². The van der Waals surface area contributed by atoms with Crippen molar-refractivity contribution in [2.75, 3.05) is 0 Å². The Hall–Kier alpha value is -0.390.